The maximum Gasteiger partial charge on any atom is 0.335 e. The summed E-state index contributed by atoms with van der Waals surface area (Å²) in [5.41, 5.74) is 5.58. The molecule has 1 rings (SSSR count). The van der Waals surface area contributed by atoms with Gasteiger partial charge in [-0.15, -0.1) is 0 Å². The van der Waals surface area contributed by atoms with Crippen molar-refractivity contribution in [3.05, 3.63) is 35.4 Å². The third-order valence-corrected chi connectivity index (χ3v) is 4.76. The minimum Gasteiger partial charge on any atom is -0.478 e. The van der Waals surface area contributed by atoms with E-state index in [1.54, 1.807) is 13.8 Å². The van der Waals surface area contributed by atoms with Gasteiger partial charge in [0.2, 0.25) is 15.9 Å². The first-order valence-corrected chi connectivity index (χ1v) is 7.84. The number of primary amides is 1. The molecule has 0 fully saturated rings. The molecule has 0 aromatic heterocycles. The SMILES string of the molecule is CC(C)N(CC(N)=O)S(=O)(=O)Cc1ccc(C(=O)O)cc1. The van der Waals surface area contributed by atoms with E-state index in [0.717, 1.165) is 4.31 Å². The van der Waals surface area contributed by atoms with Gasteiger partial charge in [-0.2, -0.15) is 4.31 Å². The van der Waals surface area contributed by atoms with Crippen LogP contribution in [0.25, 0.3) is 0 Å². The normalized spacial score (nSPS) is 11.8. The molecule has 8 heteroatoms. The van der Waals surface area contributed by atoms with Gasteiger partial charge in [0.05, 0.1) is 17.9 Å². The van der Waals surface area contributed by atoms with E-state index in [-0.39, 0.29) is 17.9 Å². The average Bonchev–Trinajstić information content (AvgIpc) is 2.35. The molecule has 0 saturated heterocycles. The van der Waals surface area contributed by atoms with E-state index in [1.165, 1.54) is 24.3 Å². The molecule has 0 bridgehead atoms. The number of aromatic carboxylic acids is 1. The first-order chi connectivity index (χ1) is 9.63. The molecular formula is C13H18N2O5S. The fraction of sp³-hybridized carbons (Fsp3) is 0.385. The van der Waals surface area contributed by atoms with Gasteiger partial charge < -0.3 is 10.8 Å². The van der Waals surface area contributed by atoms with Crippen molar-refractivity contribution in [3.63, 3.8) is 0 Å². The predicted molar refractivity (Wildman–Crippen MR) is 77.1 cm³/mol. The van der Waals surface area contributed by atoms with Crippen LogP contribution in [-0.2, 0) is 20.6 Å². The standard InChI is InChI=1S/C13H18N2O5S/c1-9(2)15(7-12(14)16)21(19,20)8-10-3-5-11(6-4-10)13(17)18/h3-6,9H,7-8H2,1-2H3,(H2,14,16)(H,17,18). The Morgan fingerprint density at radius 2 is 1.76 bits per heavy atom. The first-order valence-electron chi connectivity index (χ1n) is 6.23. The fourth-order valence-electron chi connectivity index (χ4n) is 1.79. The number of sulfonamides is 1. The number of nitrogens with two attached hydrogens (primary N) is 1. The van der Waals surface area contributed by atoms with Crippen LogP contribution in [0.5, 0.6) is 0 Å². The highest BCUT2D eigenvalue weighted by Gasteiger charge is 2.26. The van der Waals surface area contributed by atoms with Crippen LogP contribution in [0.3, 0.4) is 0 Å². The highest BCUT2D eigenvalue weighted by atomic mass is 32.2. The average molecular weight is 314 g/mol. The summed E-state index contributed by atoms with van der Waals surface area (Å²) in [6.07, 6.45) is 0. The summed E-state index contributed by atoms with van der Waals surface area (Å²) in [7, 11) is -3.72. The van der Waals surface area contributed by atoms with Gasteiger partial charge in [0.15, 0.2) is 0 Å². The Hall–Kier alpha value is -1.93. The van der Waals surface area contributed by atoms with Crippen LogP contribution in [0.1, 0.15) is 29.8 Å². The number of amides is 1. The summed E-state index contributed by atoms with van der Waals surface area (Å²) >= 11 is 0. The smallest absolute Gasteiger partial charge is 0.335 e. The Morgan fingerprint density at radius 1 is 1.24 bits per heavy atom. The Morgan fingerprint density at radius 3 is 2.14 bits per heavy atom. The number of hydrogen-bond acceptors (Lipinski definition) is 4. The maximum atomic E-state index is 12.3. The first kappa shape index (κ1) is 17.1. The summed E-state index contributed by atoms with van der Waals surface area (Å²) in [6.45, 7) is 2.91. The highest BCUT2D eigenvalue weighted by Crippen LogP contribution is 2.14. The molecular weight excluding hydrogens is 296 g/mol. The third-order valence-electron chi connectivity index (χ3n) is 2.79. The van der Waals surface area contributed by atoms with E-state index in [1.807, 2.05) is 0 Å². The number of carbonyl (C=O) groups excluding carboxylic acids is 1. The van der Waals surface area contributed by atoms with Crippen molar-refractivity contribution in [1.29, 1.82) is 0 Å². The molecule has 0 saturated carbocycles. The van der Waals surface area contributed by atoms with Gasteiger partial charge in [-0.25, -0.2) is 13.2 Å². The van der Waals surface area contributed by atoms with Crippen molar-refractivity contribution in [2.45, 2.75) is 25.6 Å². The molecule has 0 spiro atoms. The summed E-state index contributed by atoms with van der Waals surface area (Å²) in [4.78, 5) is 21.7. The Bertz CT molecular complexity index is 622. The van der Waals surface area contributed by atoms with Crippen LogP contribution in [0.4, 0.5) is 0 Å². The number of carboxylic acid groups (broad SMARTS) is 1. The maximum absolute atomic E-state index is 12.3. The molecule has 1 amide bonds. The molecule has 116 valence electrons. The predicted octanol–water partition coefficient (Wildman–Crippen LogP) is 0.410. The lowest BCUT2D eigenvalue weighted by Gasteiger charge is -2.24. The quantitative estimate of drug-likeness (QED) is 0.755. The van der Waals surface area contributed by atoms with Gasteiger partial charge >= 0.3 is 5.97 Å². The van der Waals surface area contributed by atoms with Gasteiger partial charge in [-0.1, -0.05) is 12.1 Å². The lowest BCUT2D eigenvalue weighted by atomic mass is 10.1. The Balaban J connectivity index is 2.97. The molecule has 0 radical (unpaired) electrons. The molecule has 0 heterocycles. The van der Waals surface area contributed by atoms with E-state index < -0.39 is 27.9 Å². The minimum atomic E-state index is -3.72. The van der Waals surface area contributed by atoms with Gasteiger partial charge in [0.25, 0.3) is 0 Å². The number of carbonyl (C=O) groups is 2. The summed E-state index contributed by atoms with van der Waals surface area (Å²) in [5.74, 6) is -2.13. The van der Waals surface area contributed by atoms with Crippen molar-refractivity contribution in [2.75, 3.05) is 6.54 Å². The van der Waals surface area contributed by atoms with Crippen LogP contribution in [0, 0.1) is 0 Å². The lowest BCUT2D eigenvalue weighted by molar-refractivity contribution is -0.118. The molecule has 0 aliphatic rings. The van der Waals surface area contributed by atoms with Gasteiger partial charge in [0.1, 0.15) is 0 Å². The van der Waals surface area contributed by atoms with Crippen molar-refractivity contribution < 1.29 is 23.1 Å². The zero-order chi connectivity index (χ0) is 16.2. The molecule has 0 aliphatic carbocycles. The molecule has 0 unspecified atom stereocenters. The largest absolute Gasteiger partial charge is 0.478 e. The van der Waals surface area contributed by atoms with Crippen molar-refractivity contribution in [1.82, 2.24) is 4.31 Å². The van der Waals surface area contributed by atoms with Crippen LogP contribution >= 0.6 is 0 Å². The lowest BCUT2D eigenvalue weighted by Crippen LogP contribution is -2.43. The Labute approximate surface area is 123 Å². The number of benzene rings is 1. The number of carboxylic acids is 1. The number of rotatable bonds is 7. The van der Waals surface area contributed by atoms with Crippen molar-refractivity contribution in [3.8, 4) is 0 Å². The van der Waals surface area contributed by atoms with E-state index in [4.69, 9.17) is 10.8 Å². The second kappa shape index (κ2) is 6.68. The van der Waals surface area contributed by atoms with E-state index in [2.05, 4.69) is 0 Å². The topological polar surface area (TPSA) is 118 Å². The number of hydrogen-bond donors (Lipinski definition) is 2. The molecule has 3 N–H and O–H groups in total. The summed E-state index contributed by atoms with van der Waals surface area (Å²) in [6, 6.07) is 5.14. The summed E-state index contributed by atoms with van der Waals surface area (Å²) in [5, 5.41) is 8.79. The highest BCUT2D eigenvalue weighted by molar-refractivity contribution is 7.88. The van der Waals surface area contributed by atoms with Crippen LogP contribution in [0.15, 0.2) is 24.3 Å². The van der Waals surface area contributed by atoms with Gasteiger partial charge in [-0.05, 0) is 31.5 Å². The van der Waals surface area contributed by atoms with Gasteiger partial charge in [-0.3, -0.25) is 4.79 Å². The van der Waals surface area contributed by atoms with Gasteiger partial charge in [0, 0.05) is 6.04 Å². The third kappa shape index (κ3) is 4.83. The van der Waals surface area contributed by atoms with Crippen molar-refractivity contribution in [2.24, 2.45) is 5.73 Å². The number of nitrogens with zero attached hydrogens (tertiary/aromatic N) is 1. The molecule has 0 aliphatic heterocycles. The second-order valence-electron chi connectivity index (χ2n) is 4.86. The van der Waals surface area contributed by atoms with E-state index >= 15 is 0 Å². The molecule has 7 nitrogen and oxygen atoms in total. The molecule has 1 aromatic rings. The monoisotopic (exact) mass is 314 g/mol. The van der Waals surface area contributed by atoms with E-state index in [0.29, 0.717) is 5.56 Å². The van der Waals surface area contributed by atoms with Crippen LogP contribution in [-0.4, -0.2) is 42.3 Å². The molecule has 1 aromatic carbocycles. The minimum absolute atomic E-state index is 0.0778. The van der Waals surface area contributed by atoms with Crippen LogP contribution < -0.4 is 5.73 Å². The molecule has 21 heavy (non-hydrogen) atoms. The fourth-order valence-corrected chi connectivity index (χ4v) is 3.54. The van der Waals surface area contributed by atoms with E-state index in [9.17, 15) is 18.0 Å². The zero-order valence-corrected chi connectivity index (χ0v) is 12.6. The second-order valence-corrected chi connectivity index (χ2v) is 6.79. The summed E-state index contributed by atoms with van der Waals surface area (Å²) < 4.78 is 25.6. The molecule has 0 atom stereocenters. The van der Waals surface area contributed by atoms with Crippen molar-refractivity contribution >= 4 is 21.9 Å². The Kier molecular flexibility index (Phi) is 5.45. The zero-order valence-electron chi connectivity index (χ0n) is 11.8. The van der Waals surface area contributed by atoms with Crippen LogP contribution in [0.2, 0.25) is 0 Å².